The van der Waals surface area contributed by atoms with Crippen molar-refractivity contribution >= 4 is 17.5 Å². The number of carbonyl (C=O) groups excluding carboxylic acids is 2. The molecule has 1 aliphatic heterocycles. The fraction of sp³-hybridized carbons (Fsp3) is 0.364. The van der Waals surface area contributed by atoms with Gasteiger partial charge in [-0.05, 0) is 48.7 Å². The van der Waals surface area contributed by atoms with Crippen molar-refractivity contribution in [1.82, 2.24) is 4.90 Å². The Morgan fingerprint density at radius 3 is 2.26 bits per heavy atom. The van der Waals surface area contributed by atoms with Crippen molar-refractivity contribution in [2.75, 3.05) is 18.0 Å². The smallest absolute Gasteiger partial charge is 0.254 e. The average molecular weight is 368 g/mol. The minimum absolute atomic E-state index is 0.0121. The fourth-order valence-corrected chi connectivity index (χ4v) is 3.51. The van der Waals surface area contributed by atoms with E-state index in [1.807, 2.05) is 24.3 Å². The molecule has 0 saturated heterocycles. The second kappa shape index (κ2) is 8.80. The summed E-state index contributed by atoms with van der Waals surface area (Å²) in [5.41, 5.74) is 2.29. The van der Waals surface area contributed by atoms with E-state index in [-0.39, 0.29) is 17.6 Å². The summed E-state index contributed by atoms with van der Waals surface area (Å²) in [7, 11) is 0. The van der Waals surface area contributed by atoms with Gasteiger partial charge in [-0.15, -0.1) is 0 Å². The quantitative estimate of drug-likeness (QED) is 0.749. The molecule has 0 fully saturated rings. The number of hydrogen-bond donors (Lipinski definition) is 0. The van der Waals surface area contributed by atoms with Gasteiger partial charge in [0.1, 0.15) is 5.82 Å². The summed E-state index contributed by atoms with van der Waals surface area (Å²) in [5.74, 6) is -0.456. The van der Waals surface area contributed by atoms with Gasteiger partial charge in [-0.3, -0.25) is 9.59 Å². The lowest BCUT2D eigenvalue weighted by atomic mass is 10.1. The number of fused-ring (bicyclic) bond motifs is 1. The average Bonchev–Trinajstić information content (AvgIpc) is 2.70. The highest BCUT2D eigenvalue weighted by Crippen LogP contribution is 2.25. The molecule has 0 saturated carbocycles. The molecule has 142 valence electrons. The molecule has 2 amide bonds. The number of anilines is 1. The van der Waals surface area contributed by atoms with E-state index in [4.69, 9.17) is 0 Å². The number of carbonyl (C=O) groups is 2. The first-order valence-corrected chi connectivity index (χ1v) is 9.47. The van der Waals surface area contributed by atoms with Gasteiger partial charge in [0.15, 0.2) is 0 Å². The highest BCUT2D eigenvalue weighted by Gasteiger charge is 2.21. The molecule has 5 heteroatoms. The maximum atomic E-state index is 13.2. The number of amides is 2. The van der Waals surface area contributed by atoms with Crippen LogP contribution >= 0.6 is 0 Å². The van der Waals surface area contributed by atoms with Crippen LogP contribution in [0.1, 0.15) is 48.5 Å². The van der Waals surface area contributed by atoms with Crippen LogP contribution in [0.5, 0.6) is 0 Å². The Kier molecular flexibility index (Phi) is 6.22. The fourth-order valence-electron chi connectivity index (χ4n) is 3.51. The third-order valence-corrected chi connectivity index (χ3v) is 4.96. The number of benzene rings is 2. The van der Waals surface area contributed by atoms with Gasteiger partial charge >= 0.3 is 0 Å². The highest BCUT2D eigenvalue weighted by atomic mass is 19.1. The van der Waals surface area contributed by atoms with E-state index in [2.05, 4.69) is 0 Å². The van der Waals surface area contributed by atoms with Crippen LogP contribution in [0.2, 0.25) is 0 Å². The van der Waals surface area contributed by atoms with Crippen LogP contribution in [0.15, 0.2) is 48.5 Å². The van der Waals surface area contributed by atoms with E-state index >= 15 is 0 Å². The van der Waals surface area contributed by atoms with Crippen LogP contribution in [0.3, 0.4) is 0 Å². The second-order valence-electron chi connectivity index (χ2n) is 6.95. The summed E-state index contributed by atoms with van der Waals surface area (Å²) in [5, 5.41) is 0. The standard InChI is InChI=1S/C22H25FN2O2/c1-17(26)25-15-7-3-2-6-14-24(16-19-8-4-5-9-21(19)25)22(27)18-10-12-20(23)13-11-18/h4-5,8-13H,2-3,6-7,14-16H2,1H3. The lowest BCUT2D eigenvalue weighted by molar-refractivity contribution is -0.116. The van der Waals surface area contributed by atoms with Crippen molar-refractivity contribution in [3.05, 3.63) is 65.5 Å². The van der Waals surface area contributed by atoms with Gasteiger partial charge in [0.2, 0.25) is 5.91 Å². The van der Waals surface area contributed by atoms with Gasteiger partial charge in [-0.2, -0.15) is 0 Å². The normalized spacial score (nSPS) is 15.6. The maximum absolute atomic E-state index is 13.2. The van der Waals surface area contributed by atoms with E-state index in [0.29, 0.717) is 25.2 Å². The molecule has 2 aromatic carbocycles. The molecule has 0 N–H and O–H groups in total. The summed E-state index contributed by atoms with van der Waals surface area (Å²) in [6.45, 7) is 3.34. The Balaban J connectivity index is 1.93. The Labute approximate surface area is 159 Å². The van der Waals surface area contributed by atoms with Crippen LogP contribution in [0.4, 0.5) is 10.1 Å². The molecule has 0 bridgehead atoms. The lowest BCUT2D eigenvalue weighted by Gasteiger charge is -2.27. The van der Waals surface area contributed by atoms with E-state index in [9.17, 15) is 14.0 Å². The molecule has 0 radical (unpaired) electrons. The molecule has 0 unspecified atom stereocenters. The summed E-state index contributed by atoms with van der Waals surface area (Å²) < 4.78 is 13.2. The summed E-state index contributed by atoms with van der Waals surface area (Å²) >= 11 is 0. The molecular weight excluding hydrogens is 343 g/mol. The largest absolute Gasteiger partial charge is 0.334 e. The molecule has 4 nitrogen and oxygen atoms in total. The van der Waals surface area contributed by atoms with Crippen molar-refractivity contribution in [2.45, 2.75) is 39.2 Å². The van der Waals surface area contributed by atoms with E-state index < -0.39 is 0 Å². The predicted molar refractivity (Wildman–Crippen MR) is 104 cm³/mol. The van der Waals surface area contributed by atoms with Gasteiger partial charge in [0.25, 0.3) is 5.91 Å². The van der Waals surface area contributed by atoms with Crippen LogP contribution in [-0.2, 0) is 11.3 Å². The predicted octanol–water partition coefficient (Wildman–Crippen LogP) is 4.40. The van der Waals surface area contributed by atoms with Gasteiger partial charge in [-0.25, -0.2) is 4.39 Å². The zero-order valence-corrected chi connectivity index (χ0v) is 15.7. The first-order chi connectivity index (χ1) is 13.1. The van der Waals surface area contributed by atoms with Gasteiger partial charge in [-0.1, -0.05) is 31.0 Å². The molecule has 2 aromatic rings. The molecule has 27 heavy (non-hydrogen) atoms. The molecule has 0 aromatic heterocycles. The van der Waals surface area contributed by atoms with Crippen molar-refractivity contribution < 1.29 is 14.0 Å². The maximum Gasteiger partial charge on any atom is 0.254 e. The Hall–Kier alpha value is -2.69. The van der Waals surface area contributed by atoms with Crippen molar-refractivity contribution in [2.24, 2.45) is 0 Å². The first-order valence-electron chi connectivity index (χ1n) is 9.47. The highest BCUT2D eigenvalue weighted by molar-refractivity contribution is 5.95. The number of halogens is 1. The zero-order chi connectivity index (χ0) is 19.2. The van der Waals surface area contributed by atoms with Crippen LogP contribution in [0, 0.1) is 5.82 Å². The Morgan fingerprint density at radius 2 is 1.56 bits per heavy atom. The molecule has 0 atom stereocenters. The first kappa shape index (κ1) is 19.1. The Bertz CT molecular complexity index is 804. The van der Waals surface area contributed by atoms with E-state index in [0.717, 1.165) is 36.9 Å². The minimum Gasteiger partial charge on any atom is -0.334 e. The monoisotopic (exact) mass is 368 g/mol. The van der Waals surface area contributed by atoms with Gasteiger partial charge < -0.3 is 9.80 Å². The summed E-state index contributed by atoms with van der Waals surface area (Å²) in [4.78, 5) is 28.8. The van der Waals surface area contributed by atoms with Crippen molar-refractivity contribution in [3.8, 4) is 0 Å². The van der Waals surface area contributed by atoms with Crippen LogP contribution in [0.25, 0.3) is 0 Å². The number of hydrogen-bond acceptors (Lipinski definition) is 2. The van der Waals surface area contributed by atoms with Gasteiger partial charge in [0.05, 0.1) is 0 Å². The molecule has 1 aliphatic rings. The van der Waals surface area contributed by atoms with Crippen molar-refractivity contribution in [3.63, 3.8) is 0 Å². The summed E-state index contributed by atoms with van der Waals surface area (Å²) in [6, 6.07) is 13.4. The molecule has 0 aliphatic carbocycles. The number of nitrogens with zero attached hydrogens (tertiary/aromatic N) is 2. The van der Waals surface area contributed by atoms with E-state index in [1.165, 1.54) is 24.3 Å². The zero-order valence-electron chi connectivity index (χ0n) is 15.7. The summed E-state index contributed by atoms with van der Waals surface area (Å²) in [6.07, 6.45) is 3.88. The molecule has 0 spiro atoms. The third-order valence-electron chi connectivity index (χ3n) is 4.96. The second-order valence-corrected chi connectivity index (χ2v) is 6.95. The van der Waals surface area contributed by atoms with Crippen molar-refractivity contribution in [1.29, 1.82) is 0 Å². The topological polar surface area (TPSA) is 40.6 Å². The molecular formula is C22H25FN2O2. The van der Waals surface area contributed by atoms with Crippen LogP contribution in [-0.4, -0.2) is 29.8 Å². The van der Waals surface area contributed by atoms with Gasteiger partial charge in [0, 0.05) is 37.8 Å². The Morgan fingerprint density at radius 1 is 0.889 bits per heavy atom. The molecule has 1 heterocycles. The van der Waals surface area contributed by atoms with E-state index in [1.54, 1.807) is 16.7 Å². The molecule has 3 rings (SSSR count). The number of rotatable bonds is 1. The lowest BCUT2D eigenvalue weighted by Crippen LogP contribution is -2.33. The minimum atomic E-state index is -0.355. The third kappa shape index (κ3) is 4.73. The SMILES string of the molecule is CC(=O)N1CCCCCCN(C(=O)c2ccc(F)cc2)Cc2ccccc21. The number of para-hydroxylation sites is 1. The van der Waals surface area contributed by atoms with Crippen LogP contribution < -0.4 is 4.90 Å².